The van der Waals surface area contributed by atoms with E-state index in [1.54, 1.807) is 37.5 Å². The topological polar surface area (TPSA) is 65.6 Å². The first-order valence-corrected chi connectivity index (χ1v) is 7.35. The molecule has 0 aromatic carbocycles. The number of ether oxygens (including phenoxy) is 1. The number of amides is 2. The molecule has 0 unspecified atom stereocenters. The lowest BCUT2D eigenvalue weighted by Crippen LogP contribution is -2.45. The van der Waals surface area contributed by atoms with Crippen LogP contribution in [-0.4, -0.2) is 66.0 Å². The predicted molar refractivity (Wildman–Crippen MR) is 76.8 cm³/mol. The number of nitrogens with one attached hydrogen (secondary N) is 1. The summed E-state index contributed by atoms with van der Waals surface area (Å²) in [6.07, 6.45) is 4.76. The SMILES string of the molecule is CN(C)C(=O)[C@H]1C[C@@H]2CCN(C(=O)c3cc[nH]c3)C[C@@H]2O1. The second kappa shape index (κ2) is 5.52. The van der Waals surface area contributed by atoms with Crippen LogP contribution in [0, 0.1) is 5.92 Å². The van der Waals surface area contributed by atoms with Gasteiger partial charge in [0.1, 0.15) is 6.10 Å². The summed E-state index contributed by atoms with van der Waals surface area (Å²) in [5.41, 5.74) is 0.673. The highest BCUT2D eigenvalue weighted by Gasteiger charge is 2.43. The van der Waals surface area contributed by atoms with Gasteiger partial charge in [0.15, 0.2) is 0 Å². The number of fused-ring (bicyclic) bond motifs is 1. The molecular formula is C15H21N3O3. The Bertz CT molecular complexity index is 526. The summed E-state index contributed by atoms with van der Waals surface area (Å²) in [7, 11) is 3.49. The maximum atomic E-state index is 12.3. The Morgan fingerprint density at radius 2 is 2.24 bits per heavy atom. The van der Waals surface area contributed by atoms with E-state index in [1.165, 1.54) is 0 Å². The van der Waals surface area contributed by atoms with E-state index in [1.807, 2.05) is 4.90 Å². The zero-order chi connectivity index (χ0) is 15.0. The van der Waals surface area contributed by atoms with Crippen LogP contribution in [-0.2, 0) is 9.53 Å². The summed E-state index contributed by atoms with van der Waals surface area (Å²) < 4.78 is 5.89. The van der Waals surface area contributed by atoms with Crippen LogP contribution in [0.5, 0.6) is 0 Å². The van der Waals surface area contributed by atoms with Gasteiger partial charge in [-0.3, -0.25) is 9.59 Å². The van der Waals surface area contributed by atoms with Gasteiger partial charge in [0.05, 0.1) is 11.7 Å². The summed E-state index contributed by atoms with van der Waals surface area (Å²) in [4.78, 5) is 30.7. The highest BCUT2D eigenvalue weighted by molar-refractivity contribution is 5.94. The molecule has 2 saturated heterocycles. The van der Waals surface area contributed by atoms with E-state index in [0.717, 1.165) is 19.4 Å². The molecule has 2 aliphatic heterocycles. The maximum Gasteiger partial charge on any atom is 0.255 e. The van der Waals surface area contributed by atoms with Gasteiger partial charge >= 0.3 is 0 Å². The summed E-state index contributed by atoms with van der Waals surface area (Å²) in [6, 6.07) is 1.78. The number of aromatic amines is 1. The predicted octanol–water partition coefficient (Wildman–Crippen LogP) is 0.722. The molecule has 1 aromatic heterocycles. The van der Waals surface area contributed by atoms with Crippen molar-refractivity contribution in [3.63, 3.8) is 0 Å². The fraction of sp³-hybridized carbons (Fsp3) is 0.600. The molecule has 3 atom stereocenters. The van der Waals surface area contributed by atoms with Crippen molar-refractivity contribution in [3.8, 4) is 0 Å². The third-order valence-corrected chi connectivity index (χ3v) is 4.40. The molecule has 0 radical (unpaired) electrons. The number of piperidine rings is 1. The van der Waals surface area contributed by atoms with Gasteiger partial charge in [0.2, 0.25) is 0 Å². The molecule has 0 saturated carbocycles. The van der Waals surface area contributed by atoms with Gasteiger partial charge in [-0.25, -0.2) is 0 Å². The second-order valence-corrected chi connectivity index (χ2v) is 6.03. The van der Waals surface area contributed by atoms with E-state index in [9.17, 15) is 9.59 Å². The molecule has 1 N–H and O–H groups in total. The standard InChI is InChI=1S/C15H21N3O3/c1-17(2)15(20)12-7-10-4-6-18(9-13(10)21-12)14(19)11-3-5-16-8-11/h3,5,8,10,12-13,16H,4,6-7,9H2,1-2H3/t10-,12+,13-/m0/s1. The Morgan fingerprint density at radius 1 is 1.43 bits per heavy atom. The fourth-order valence-corrected chi connectivity index (χ4v) is 3.20. The number of carbonyl (C=O) groups is 2. The Balaban J connectivity index is 1.64. The molecule has 1 aromatic rings. The van der Waals surface area contributed by atoms with Gasteiger partial charge in [0.25, 0.3) is 11.8 Å². The van der Waals surface area contributed by atoms with Gasteiger partial charge < -0.3 is 19.5 Å². The smallest absolute Gasteiger partial charge is 0.255 e. The van der Waals surface area contributed by atoms with Crippen LogP contribution in [0.4, 0.5) is 0 Å². The molecular weight excluding hydrogens is 270 g/mol. The van der Waals surface area contributed by atoms with E-state index < -0.39 is 0 Å². The van der Waals surface area contributed by atoms with Gasteiger partial charge in [-0.1, -0.05) is 0 Å². The number of aromatic nitrogens is 1. The maximum absolute atomic E-state index is 12.3. The number of likely N-dealkylation sites (tertiary alicyclic amines) is 1. The Morgan fingerprint density at radius 3 is 2.90 bits per heavy atom. The van der Waals surface area contributed by atoms with Crippen LogP contribution in [0.1, 0.15) is 23.2 Å². The number of carbonyl (C=O) groups excluding carboxylic acids is 2. The highest BCUT2D eigenvalue weighted by Crippen LogP contribution is 2.34. The van der Waals surface area contributed by atoms with Gasteiger partial charge in [-0.15, -0.1) is 0 Å². The van der Waals surface area contributed by atoms with Crippen molar-refractivity contribution in [2.45, 2.75) is 25.0 Å². The van der Waals surface area contributed by atoms with Crippen LogP contribution in [0.3, 0.4) is 0 Å². The average molecular weight is 291 g/mol. The van der Waals surface area contributed by atoms with Crippen molar-refractivity contribution < 1.29 is 14.3 Å². The van der Waals surface area contributed by atoms with Crippen LogP contribution < -0.4 is 0 Å². The Hall–Kier alpha value is -1.82. The molecule has 0 spiro atoms. The lowest BCUT2D eigenvalue weighted by Gasteiger charge is -2.33. The summed E-state index contributed by atoms with van der Waals surface area (Å²) in [5, 5.41) is 0. The lowest BCUT2D eigenvalue weighted by atomic mass is 9.91. The van der Waals surface area contributed by atoms with Crippen LogP contribution in [0.25, 0.3) is 0 Å². The largest absolute Gasteiger partial charge is 0.367 e. The molecule has 2 fully saturated rings. The number of hydrogen-bond acceptors (Lipinski definition) is 3. The number of rotatable bonds is 2. The minimum Gasteiger partial charge on any atom is -0.367 e. The molecule has 21 heavy (non-hydrogen) atoms. The van der Waals surface area contributed by atoms with Crippen LogP contribution in [0.2, 0.25) is 0 Å². The molecule has 6 heteroatoms. The first kappa shape index (κ1) is 14.1. The van der Waals surface area contributed by atoms with E-state index in [4.69, 9.17) is 4.74 Å². The molecule has 0 bridgehead atoms. The summed E-state index contributed by atoms with van der Waals surface area (Å²) >= 11 is 0. The van der Waals surface area contributed by atoms with Crippen molar-refractivity contribution in [2.75, 3.05) is 27.2 Å². The molecule has 2 aliphatic rings. The molecule has 3 heterocycles. The van der Waals surface area contributed by atoms with Crippen LogP contribution >= 0.6 is 0 Å². The van der Waals surface area contributed by atoms with Crippen molar-refractivity contribution in [1.29, 1.82) is 0 Å². The second-order valence-electron chi connectivity index (χ2n) is 6.03. The molecule has 0 aliphatic carbocycles. The van der Waals surface area contributed by atoms with Crippen molar-refractivity contribution >= 4 is 11.8 Å². The van der Waals surface area contributed by atoms with Crippen molar-refractivity contribution in [1.82, 2.24) is 14.8 Å². The highest BCUT2D eigenvalue weighted by atomic mass is 16.5. The Kier molecular flexibility index (Phi) is 3.71. The minimum absolute atomic E-state index is 0.0180. The zero-order valence-corrected chi connectivity index (χ0v) is 12.4. The number of nitrogens with zero attached hydrogens (tertiary/aromatic N) is 2. The first-order chi connectivity index (χ1) is 10.1. The molecule has 114 valence electrons. The quantitative estimate of drug-likeness (QED) is 0.873. The number of H-pyrrole nitrogens is 1. The number of hydrogen-bond donors (Lipinski definition) is 1. The summed E-state index contributed by atoms with van der Waals surface area (Å²) in [5.74, 6) is 0.433. The monoisotopic (exact) mass is 291 g/mol. The Labute approximate surface area is 124 Å². The first-order valence-electron chi connectivity index (χ1n) is 7.35. The zero-order valence-electron chi connectivity index (χ0n) is 12.4. The van der Waals surface area contributed by atoms with Crippen molar-refractivity contribution in [3.05, 3.63) is 24.0 Å². The van der Waals surface area contributed by atoms with Gasteiger partial charge in [-0.2, -0.15) is 0 Å². The molecule has 2 amide bonds. The normalized spacial score (nSPS) is 28.3. The molecule has 3 rings (SSSR count). The van der Waals surface area contributed by atoms with Gasteiger partial charge in [0, 0.05) is 39.6 Å². The van der Waals surface area contributed by atoms with Crippen molar-refractivity contribution in [2.24, 2.45) is 5.92 Å². The lowest BCUT2D eigenvalue weighted by molar-refractivity contribution is -0.140. The van der Waals surface area contributed by atoms with Crippen LogP contribution in [0.15, 0.2) is 18.5 Å². The van der Waals surface area contributed by atoms with Gasteiger partial charge in [-0.05, 0) is 24.8 Å². The third kappa shape index (κ3) is 2.68. The van der Waals surface area contributed by atoms with E-state index >= 15 is 0 Å². The average Bonchev–Trinajstić information content (AvgIpc) is 3.13. The fourth-order valence-electron chi connectivity index (χ4n) is 3.20. The van der Waals surface area contributed by atoms with E-state index in [2.05, 4.69) is 4.98 Å². The third-order valence-electron chi connectivity index (χ3n) is 4.40. The molecule has 6 nitrogen and oxygen atoms in total. The van der Waals surface area contributed by atoms with E-state index in [-0.39, 0.29) is 24.0 Å². The minimum atomic E-state index is -0.350. The number of likely N-dealkylation sites (N-methyl/N-ethyl adjacent to an activating group) is 1. The van der Waals surface area contributed by atoms with E-state index in [0.29, 0.717) is 18.0 Å². The summed E-state index contributed by atoms with van der Waals surface area (Å²) in [6.45, 7) is 1.31.